The zero-order valence-corrected chi connectivity index (χ0v) is 19.0. The second kappa shape index (κ2) is 8.41. The number of anilines is 2. The fourth-order valence-corrected chi connectivity index (χ4v) is 5.33. The molecule has 5 rings (SSSR count). The third-order valence-corrected chi connectivity index (χ3v) is 7.03. The minimum atomic E-state index is -0.196. The number of fused-ring (bicyclic) bond motifs is 1. The molecule has 8 heteroatoms. The van der Waals surface area contributed by atoms with Crippen LogP contribution in [0.15, 0.2) is 54.6 Å². The van der Waals surface area contributed by atoms with E-state index in [0.29, 0.717) is 40.8 Å². The van der Waals surface area contributed by atoms with Crippen LogP contribution in [-0.4, -0.2) is 28.1 Å². The van der Waals surface area contributed by atoms with Crippen molar-refractivity contribution in [3.63, 3.8) is 0 Å². The van der Waals surface area contributed by atoms with Gasteiger partial charge in [-0.25, -0.2) is 0 Å². The van der Waals surface area contributed by atoms with Crippen LogP contribution in [0.3, 0.4) is 0 Å². The van der Waals surface area contributed by atoms with Crippen molar-refractivity contribution in [3.8, 4) is 0 Å². The number of thiophene rings is 1. The number of aromatic nitrogens is 2. The van der Waals surface area contributed by atoms with Crippen LogP contribution in [0.1, 0.15) is 33.8 Å². The molecule has 0 atom stereocenters. The summed E-state index contributed by atoms with van der Waals surface area (Å²) in [5.74, 6) is -0.119. The van der Waals surface area contributed by atoms with Gasteiger partial charge in [0.05, 0.1) is 27.8 Å². The molecular weight excluding hydrogens is 444 g/mol. The molecule has 2 amide bonds. The molecule has 2 aromatic carbocycles. The van der Waals surface area contributed by atoms with Gasteiger partial charge in [0.25, 0.3) is 5.91 Å². The monoisotopic (exact) mass is 464 g/mol. The summed E-state index contributed by atoms with van der Waals surface area (Å²) in [6.07, 6.45) is 1.38. The highest BCUT2D eigenvalue weighted by Crippen LogP contribution is 2.33. The van der Waals surface area contributed by atoms with Crippen LogP contribution < -0.4 is 10.2 Å². The first-order valence-electron chi connectivity index (χ1n) is 10.4. The van der Waals surface area contributed by atoms with Crippen LogP contribution in [0.5, 0.6) is 0 Å². The number of hydrogen-bond donors (Lipinski definition) is 1. The van der Waals surface area contributed by atoms with Gasteiger partial charge in [0.15, 0.2) is 0 Å². The van der Waals surface area contributed by atoms with Crippen LogP contribution in [-0.2, 0) is 11.3 Å². The third-order valence-electron chi connectivity index (χ3n) is 5.58. The Morgan fingerprint density at radius 2 is 2.00 bits per heavy atom. The van der Waals surface area contributed by atoms with Gasteiger partial charge in [-0.3, -0.25) is 14.3 Å². The molecule has 162 valence electrons. The number of carbonyl (C=O) groups is 2. The first-order chi connectivity index (χ1) is 15.5. The lowest BCUT2D eigenvalue weighted by atomic mass is 10.2. The van der Waals surface area contributed by atoms with Gasteiger partial charge in [-0.05, 0) is 43.2 Å². The van der Waals surface area contributed by atoms with Gasteiger partial charge in [0.2, 0.25) is 5.91 Å². The molecule has 6 nitrogen and oxygen atoms in total. The summed E-state index contributed by atoms with van der Waals surface area (Å²) in [5.41, 5.74) is 3.33. The molecule has 0 saturated carbocycles. The van der Waals surface area contributed by atoms with E-state index in [1.165, 1.54) is 11.3 Å². The molecule has 4 aromatic rings. The average molecular weight is 465 g/mol. The van der Waals surface area contributed by atoms with E-state index in [0.717, 1.165) is 27.9 Å². The van der Waals surface area contributed by atoms with Crippen LogP contribution in [0.25, 0.3) is 10.2 Å². The number of amides is 2. The van der Waals surface area contributed by atoms with Crippen molar-refractivity contribution < 1.29 is 9.59 Å². The molecule has 1 fully saturated rings. The van der Waals surface area contributed by atoms with Gasteiger partial charge >= 0.3 is 0 Å². The number of hydrogen-bond acceptors (Lipinski definition) is 4. The Hall–Kier alpha value is -3.16. The van der Waals surface area contributed by atoms with E-state index in [1.54, 1.807) is 23.1 Å². The van der Waals surface area contributed by atoms with Gasteiger partial charge < -0.3 is 10.2 Å². The molecule has 3 heterocycles. The molecule has 0 bridgehead atoms. The van der Waals surface area contributed by atoms with Crippen molar-refractivity contribution >= 4 is 56.3 Å². The van der Waals surface area contributed by atoms with Crippen molar-refractivity contribution in [2.45, 2.75) is 26.3 Å². The fourth-order valence-electron chi connectivity index (χ4n) is 3.99. The van der Waals surface area contributed by atoms with Crippen molar-refractivity contribution in [1.29, 1.82) is 0 Å². The number of nitrogens with one attached hydrogen (secondary N) is 1. The molecular formula is C24H21ClN4O2S. The highest BCUT2D eigenvalue weighted by Gasteiger charge is 2.24. The topological polar surface area (TPSA) is 67.2 Å². The Morgan fingerprint density at radius 1 is 1.19 bits per heavy atom. The zero-order valence-electron chi connectivity index (χ0n) is 17.5. The smallest absolute Gasteiger partial charge is 0.265 e. The standard InChI is InChI=1S/C24H21ClN4O2S/c1-15-18-13-21(32-24(18)29(27-15)14-16-6-3-2-4-7-16)23(31)26-17-9-10-20(19(25)12-17)28-11-5-8-22(28)30/h2-4,6-7,9-10,12-13H,5,8,11,14H2,1H3,(H,26,31). The molecule has 0 unspecified atom stereocenters. The molecule has 0 aliphatic carbocycles. The zero-order chi connectivity index (χ0) is 22.2. The summed E-state index contributed by atoms with van der Waals surface area (Å²) < 4.78 is 1.94. The van der Waals surface area contributed by atoms with Gasteiger partial charge in [-0.2, -0.15) is 5.10 Å². The maximum atomic E-state index is 12.9. The minimum Gasteiger partial charge on any atom is -0.321 e. The van der Waals surface area contributed by atoms with Gasteiger partial charge in [0.1, 0.15) is 4.83 Å². The number of aryl methyl sites for hydroxylation is 1. The molecule has 1 N–H and O–H groups in total. The second-order valence-corrected chi connectivity index (χ2v) is 9.27. The first-order valence-corrected chi connectivity index (χ1v) is 11.6. The number of nitrogens with zero attached hydrogens (tertiary/aromatic N) is 3. The third kappa shape index (κ3) is 3.89. The molecule has 32 heavy (non-hydrogen) atoms. The lowest BCUT2D eigenvalue weighted by molar-refractivity contribution is -0.117. The maximum Gasteiger partial charge on any atom is 0.265 e. The molecule has 2 aromatic heterocycles. The van der Waals surface area contributed by atoms with E-state index in [1.807, 2.05) is 35.9 Å². The number of halogens is 1. The Labute approximate surface area is 194 Å². The molecule has 1 aliphatic heterocycles. The fraction of sp³-hybridized carbons (Fsp3) is 0.208. The summed E-state index contributed by atoms with van der Waals surface area (Å²) in [6.45, 7) is 3.28. The Bertz CT molecular complexity index is 1330. The summed E-state index contributed by atoms with van der Waals surface area (Å²) in [4.78, 5) is 28.2. The maximum absolute atomic E-state index is 12.9. The van der Waals surface area contributed by atoms with Gasteiger partial charge in [-0.1, -0.05) is 41.9 Å². The van der Waals surface area contributed by atoms with E-state index < -0.39 is 0 Å². The summed E-state index contributed by atoms with van der Waals surface area (Å²) in [7, 11) is 0. The van der Waals surface area contributed by atoms with E-state index >= 15 is 0 Å². The predicted octanol–water partition coefficient (Wildman–Crippen LogP) is 5.49. The largest absolute Gasteiger partial charge is 0.321 e. The summed E-state index contributed by atoms with van der Waals surface area (Å²) in [6, 6.07) is 17.3. The van der Waals surface area contributed by atoms with Crippen LogP contribution in [0.2, 0.25) is 5.02 Å². The van der Waals surface area contributed by atoms with E-state index in [9.17, 15) is 9.59 Å². The first kappa shape index (κ1) is 20.7. The normalized spacial score (nSPS) is 13.8. The van der Waals surface area contributed by atoms with Crippen LogP contribution >= 0.6 is 22.9 Å². The van der Waals surface area contributed by atoms with Gasteiger partial charge in [-0.15, -0.1) is 11.3 Å². The lowest BCUT2D eigenvalue weighted by Crippen LogP contribution is -2.24. The highest BCUT2D eigenvalue weighted by atomic mass is 35.5. The van der Waals surface area contributed by atoms with Crippen LogP contribution in [0, 0.1) is 6.92 Å². The summed E-state index contributed by atoms with van der Waals surface area (Å²) in [5, 5.41) is 8.99. The Morgan fingerprint density at radius 3 is 2.72 bits per heavy atom. The Kier molecular flexibility index (Phi) is 5.45. The van der Waals surface area contributed by atoms with Crippen LogP contribution in [0.4, 0.5) is 11.4 Å². The van der Waals surface area contributed by atoms with E-state index in [4.69, 9.17) is 11.6 Å². The Balaban J connectivity index is 1.36. The van der Waals surface area contributed by atoms with E-state index in [-0.39, 0.29) is 11.8 Å². The molecule has 0 spiro atoms. The summed E-state index contributed by atoms with van der Waals surface area (Å²) >= 11 is 7.84. The highest BCUT2D eigenvalue weighted by molar-refractivity contribution is 7.20. The molecule has 1 aliphatic rings. The lowest BCUT2D eigenvalue weighted by Gasteiger charge is -2.18. The molecule has 0 radical (unpaired) electrons. The SMILES string of the molecule is Cc1nn(Cc2ccccc2)c2sc(C(=O)Nc3ccc(N4CCCC4=O)c(Cl)c3)cc12. The number of carbonyl (C=O) groups excluding carboxylic acids is 2. The molecule has 1 saturated heterocycles. The average Bonchev–Trinajstić information content (AvgIpc) is 3.47. The quantitative estimate of drug-likeness (QED) is 0.425. The number of benzene rings is 2. The van der Waals surface area contributed by atoms with Crippen molar-refractivity contribution in [3.05, 3.63) is 75.8 Å². The van der Waals surface area contributed by atoms with Crippen molar-refractivity contribution in [2.75, 3.05) is 16.8 Å². The minimum absolute atomic E-state index is 0.0777. The van der Waals surface area contributed by atoms with Crippen molar-refractivity contribution in [1.82, 2.24) is 9.78 Å². The predicted molar refractivity (Wildman–Crippen MR) is 129 cm³/mol. The van der Waals surface area contributed by atoms with E-state index in [2.05, 4.69) is 22.5 Å². The number of rotatable bonds is 5. The van der Waals surface area contributed by atoms with Gasteiger partial charge in [0, 0.05) is 24.0 Å². The second-order valence-electron chi connectivity index (χ2n) is 7.83. The van der Waals surface area contributed by atoms with Crippen molar-refractivity contribution in [2.24, 2.45) is 0 Å².